The molecule has 2 aliphatic heterocycles. The van der Waals surface area contributed by atoms with Gasteiger partial charge in [0.1, 0.15) is 17.5 Å². The van der Waals surface area contributed by atoms with Gasteiger partial charge in [-0.3, -0.25) is 9.58 Å². The van der Waals surface area contributed by atoms with Crippen molar-refractivity contribution in [1.29, 1.82) is 5.26 Å². The van der Waals surface area contributed by atoms with Gasteiger partial charge in [0.25, 0.3) is 0 Å². The number of ether oxygens (including phenoxy) is 1. The van der Waals surface area contributed by atoms with Crippen LogP contribution in [0.15, 0.2) is 30.6 Å². The Labute approximate surface area is 215 Å². The highest BCUT2D eigenvalue weighted by atomic mass is 16.6. The second-order valence-electron chi connectivity index (χ2n) is 10.3. The maximum atomic E-state index is 13.3. The number of piperazine rings is 1. The standard InChI is InChI=1S/C26H30N8O3/c1-26(2,3)37-25(36)33-13-11-32(12-14-33)22-7-9-28-23-17(22)8-10-34(23)24(35)29-20-5-6-21-19(18(20)15-27)16-31(4)30-21/h5-7,9,16H,8,10-14H2,1-4H3,(H,29,35). The number of carbonyl (C=O) groups excluding carboxylic acids is 2. The summed E-state index contributed by atoms with van der Waals surface area (Å²) in [6, 6.07) is 7.32. The Kier molecular flexibility index (Phi) is 6.11. The number of urea groups is 1. The van der Waals surface area contributed by atoms with Gasteiger partial charge in [0.15, 0.2) is 0 Å². The van der Waals surface area contributed by atoms with Crippen molar-refractivity contribution in [3.05, 3.63) is 41.7 Å². The van der Waals surface area contributed by atoms with Crippen LogP contribution in [0.4, 0.5) is 26.8 Å². The lowest BCUT2D eigenvalue weighted by molar-refractivity contribution is 0.0240. The minimum atomic E-state index is -0.526. The summed E-state index contributed by atoms with van der Waals surface area (Å²) in [4.78, 5) is 35.8. The number of anilines is 3. The summed E-state index contributed by atoms with van der Waals surface area (Å²) in [7, 11) is 1.79. The molecule has 4 heterocycles. The Morgan fingerprint density at radius 3 is 2.57 bits per heavy atom. The Balaban J connectivity index is 1.31. The molecule has 37 heavy (non-hydrogen) atoms. The Morgan fingerprint density at radius 2 is 1.86 bits per heavy atom. The minimum absolute atomic E-state index is 0.295. The van der Waals surface area contributed by atoms with Crippen molar-refractivity contribution in [3.8, 4) is 6.07 Å². The van der Waals surface area contributed by atoms with E-state index in [2.05, 4.69) is 26.4 Å². The highest BCUT2D eigenvalue weighted by Crippen LogP contribution is 2.35. The summed E-state index contributed by atoms with van der Waals surface area (Å²) >= 11 is 0. The zero-order valence-corrected chi connectivity index (χ0v) is 21.5. The molecular formula is C26H30N8O3. The molecule has 0 saturated carbocycles. The van der Waals surface area contributed by atoms with Gasteiger partial charge in [-0.25, -0.2) is 14.6 Å². The van der Waals surface area contributed by atoms with Crippen LogP contribution in [0, 0.1) is 11.3 Å². The van der Waals surface area contributed by atoms with Gasteiger partial charge >= 0.3 is 12.1 Å². The van der Waals surface area contributed by atoms with Crippen LogP contribution < -0.4 is 15.1 Å². The average Bonchev–Trinajstić information content (AvgIpc) is 3.46. The molecule has 0 radical (unpaired) electrons. The first-order valence-electron chi connectivity index (χ1n) is 12.3. The number of hydrogen-bond donors (Lipinski definition) is 1. The first-order valence-corrected chi connectivity index (χ1v) is 12.3. The van der Waals surface area contributed by atoms with Gasteiger partial charge < -0.3 is 19.9 Å². The van der Waals surface area contributed by atoms with Crippen LogP contribution in [0.1, 0.15) is 31.9 Å². The molecule has 2 aliphatic rings. The van der Waals surface area contributed by atoms with E-state index in [1.165, 1.54) is 0 Å². The SMILES string of the molecule is Cn1cc2c(C#N)c(NC(=O)N3CCc4c(N5CCN(C(=O)OC(C)(C)C)CC5)ccnc43)ccc2n1. The van der Waals surface area contributed by atoms with Gasteiger partial charge in [-0.15, -0.1) is 0 Å². The van der Waals surface area contributed by atoms with E-state index in [4.69, 9.17) is 4.74 Å². The molecule has 0 spiro atoms. The van der Waals surface area contributed by atoms with E-state index in [1.54, 1.807) is 46.1 Å². The van der Waals surface area contributed by atoms with Gasteiger partial charge in [0.2, 0.25) is 0 Å². The Bertz CT molecular complexity index is 1410. The molecule has 0 aliphatic carbocycles. The first-order chi connectivity index (χ1) is 17.6. The molecule has 0 atom stereocenters. The van der Waals surface area contributed by atoms with Gasteiger partial charge in [0, 0.05) is 68.8 Å². The van der Waals surface area contributed by atoms with Crippen LogP contribution in [0.25, 0.3) is 10.9 Å². The molecular weight excluding hydrogens is 472 g/mol. The van der Waals surface area contributed by atoms with E-state index in [-0.39, 0.29) is 12.1 Å². The number of nitrogens with one attached hydrogen (secondary N) is 1. The number of amides is 3. The predicted octanol–water partition coefficient (Wildman–Crippen LogP) is 3.49. The zero-order chi connectivity index (χ0) is 26.3. The van der Waals surface area contributed by atoms with Crippen molar-refractivity contribution in [2.24, 2.45) is 7.05 Å². The number of pyridine rings is 1. The fourth-order valence-electron chi connectivity index (χ4n) is 4.84. The smallest absolute Gasteiger partial charge is 0.410 e. The third-order valence-corrected chi connectivity index (χ3v) is 6.52. The summed E-state index contributed by atoms with van der Waals surface area (Å²) in [5.74, 6) is 0.616. The molecule has 3 amide bonds. The fraction of sp³-hybridized carbons (Fsp3) is 0.423. The molecule has 1 saturated heterocycles. The molecule has 1 aromatic carbocycles. The van der Waals surface area contributed by atoms with Crippen molar-refractivity contribution in [2.45, 2.75) is 32.8 Å². The molecule has 1 fully saturated rings. The lowest BCUT2D eigenvalue weighted by Crippen LogP contribution is -2.50. The van der Waals surface area contributed by atoms with E-state index in [1.807, 2.05) is 26.8 Å². The molecule has 2 aromatic heterocycles. The molecule has 1 N–H and O–H groups in total. The molecule has 0 unspecified atom stereocenters. The largest absolute Gasteiger partial charge is 0.444 e. The molecule has 0 bridgehead atoms. The second kappa shape index (κ2) is 9.28. The van der Waals surface area contributed by atoms with E-state index in [0.29, 0.717) is 67.1 Å². The van der Waals surface area contributed by atoms with Crippen molar-refractivity contribution in [2.75, 3.05) is 47.8 Å². The van der Waals surface area contributed by atoms with Crippen LogP contribution in [-0.2, 0) is 18.2 Å². The normalized spacial score (nSPS) is 15.5. The van der Waals surface area contributed by atoms with Crippen LogP contribution >= 0.6 is 0 Å². The van der Waals surface area contributed by atoms with Gasteiger partial charge in [-0.2, -0.15) is 10.4 Å². The second-order valence-corrected chi connectivity index (χ2v) is 10.3. The highest BCUT2D eigenvalue weighted by molar-refractivity contribution is 6.05. The lowest BCUT2D eigenvalue weighted by Gasteiger charge is -2.37. The molecule has 5 rings (SSSR count). The van der Waals surface area contributed by atoms with Crippen molar-refractivity contribution in [1.82, 2.24) is 19.7 Å². The number of carbonyl (C=O) groups is 2. The lowest BCUT2D eigenvalue weighted by atomic mass is 10.1. The van der Waals surface area contributed by atoms with Crippen LogP contribution in [0.2, 0.25) is 0 Å². The van der Waals surface area contributed by atoms with Crippen LogP contribution in [0.5, 0.6) is 0 Å². The number of nitrogens with zero attached hydrogens (tertiary/aromatic N) is 7. The molecule has 3 aromatic rings. The van der Waals surface area contributed by atoms with Crippen LogP contribution in [-0.4, -0.2) is 70.1 Å². The fourth-order valence-corrected chi connectivity index (χ4v) is 4.84. The van der Waals surface area contributed by atoms with Crippen molar-refractivity contribution < 1.29 is 14.3 Å². The number of fused-ring (bicyclic) bond motifs is 2. The maximum Gasteiger partial charge on any atom is 0.410 e. The summed E-state index contributed by atoms with van der Waals surface area (Å²) in [6.07, 6.45) is 3.86. The average molecular weight is 503 g/mol. The Morgan fingerprint density at radius 1 is 1.11 bits per heavy atom. The quantitative estimate of drug-likeness (QED) is 0.570. The summed E-state index contributed by atoms with van der Waals surface area (Å²) in [6.45, 7) is 8.52. The topological polar surface area (TPSA) is 120 Å². The zero-order valence-electron chi connectivity index (χ0n) is 21.5. The summed E-state index contributed by atoms with van der Waals surface area (Å²) in [5.41, 5.74) is 3.02. The van der Waals surface area contributed by atoms with E-state index >= 15 is 0 Å². The van der Waals surface area contributed by atoms with Crippen molar-refractivity contribution in [3.63, 3.8) is 0 Å². The first kappa shape index (κ1) is 24.4. The molecule has 192 valence electrons. The summed E-state index contributed by atoms with van der Waals surface area (Å²) in [5, 5.41) is 17.7. The number of benzene rings is 1. The predicted molar refractivity (Wildman–Crippen MR) is 140 cm³/mol. The maximum absolute atomic E-state index is 13.3. The third kappa shape index (κ3) is 4.74. The monoisotopic (exact) mass is 502 g/mol. The van der Waals surface area contributed by atoms with Gasteiger partial charge in [-0.05, 0) is 45.4 Å². The van der Waals surface area contributed by atoms with Gasteiger partial charge in [0.05, 0.1) is 16.8 Å². The molecule has 11 nitrogen and oxygen atoms in total. The van der Waals surface area contributed by atoms with Gasteiger partial charge in [-0.1, -0.05) is 0 Å². The van der Waals surface area contributed by atoms with E-state index in [0.717, 1.165) is 11.3 Å². The number of aryl methyl sites for hydroxylation is 1. The van der Waals surface area contributed by atoms with Crippen molar-refractivity contribution >= 4 is 40.2 Å². The number of aromatic nitrogens is 3. The Hall–Kier alpha value is -4.33. The number of rotatable bonds is 2. The van der Waals surface area contributed by atoms with E-state index in [9.17, 15) is 14.9 Å². The number of nitriles is 1. The highest BCUT2D eigenvalue weighted by Gasteiger charge is 2.32. The third-order valence-electron chi connectivity index (χ3n) is 6.52. The van der Waals surface area contributed by atoms with E-state index < -0.39 is 5.60 Å². The van der Waals surface area contributed by atoms with Crippen LogP contribution in [0.3, 0.4) is 0 Å². The molecule has 11 heteroatoms. The summed E-state index contributed by atoms with van der Waals surface area (Å²) < 4.78 is 7.15. The minimum Gasteiger partial charge on any atom is -0.444 e. The number of hydrogen-bond acceptors (Lipinski definition) is 7.